The third-order valence-corrected chi connectivity index (χ3v) is 6.10. The third kappa shape index (κ3) is 4.06. The normalized spacial score (nSPS) is 11.6. The maximum Gasteiger partial charge on any atom is 0.256 e. The number of fused-ring (bicyclic) bond motifs is 3. The molecule has 4 aromatic carbocycles. The molecule has 0 unspecified atom stereocenters. The van der Waals surface area contributed by atoms with Gasteiger partial charge in [0.1, 0.15) is 5.75 Å². The molecule has 1 N–H and O–H groups in total. The minimum atomic E-state index is -0.152. The molecule has 1 amide bonds. The largest absolute Gasteiger partial charge is 0.497 e. The van der Waals surface area contributed by atoms with Crippen LogP contribution in [-0.4, -0.2) is 17.6 Å². The predicted molar refractivity (Wildman–Crippen MR) is 141 cm³/mol. The highest BCUT2D eigenvalue weighted by atomic mass is 16.5. The Morgan fingerprint density at radius 2 is 1.56 bits per heavy atom. The Bertz CT molecular complexity index is 1500. The van der Waals surface area contributed by atoms with Crippen molar-refractivity contribution in [2.75, 3.05) is 12.4 Å². The lowest BCUT2D eigenvalue weighted by Crippen LogP contribution is -2.13. The van der Waals surface area contributed by atoms with E-state index in [0.717, 1.165) is 34.5 Å². The molecule has 168 valence electrons. The molecule has 0 radical (unpaired) electrons. The number of hydrogen-bond acceptors (Lipinski definition) is 2. The number of para-hydroxylation sites is 1. The topological polar surface area (TPSA) is 43.3 Å². The number of nitrogens with one attached hydrogen (secondary N) is 1. The first-order chi connectivity index (χ1) is 16.7. The van der Waals surface area contributed by atoms with Crippen LogP contribution < -0.4 is 10.1 Å². The molecule has 1 heterocycles. The summed E-state index contributed by atoms with van der Waals surface area (Å²) in [6, 6.07) is 31.9. The average molecular weight is 447 g/mol. The van der Waals surface area contributed by atoms with Crippen molar-refractivity contribution in [3.8, 4) is 5.75 Å². The van der Waals surface area contributed by atoms with Crippen molar-refractivity contribution >= 4 is 45.0 Å². The van der Waals surface area contributed by atoms with Crippen LogP contribution in [0.4, 0.5) is 5.69 Å². The Kier molecular flexibility index (Phi) is 5.88. The first kappa shape index (κ1) is 21.5. The number of anilines is 1. The van der Waals surface area contributed by atoms with Gasteiger partial charge in [-0.1, -0.05) is 60.7 Å². The van der Waals surface area contributed by atoms with E-state index in [1.54, 1.807) is 7.11 Å². The summed E-state index contributed by atoms with van der Waals surface area (Å²) in [7, 11) is 1.64. The van der Waals surface area contributed by atoms with Gasteiger partial charge in [0.05, 0.1) is 7.11 Å². The van der Waals surface area contributed by atoms with Gasteiger partial charge in [-0.25, -0.2) is 0 Å². The molecular weight excluding hydrogens is 420 g/mol. The quantitative estimate of drug-likeness (QED) is 0.225. The van der Waals surface area contributed by atoms with E-state index in [0.29, 0.717) is 5.57 Å². The number of amides is 1. The van der Waals surface area contributed by atoms with Gasteiger partial charge < -0.3 is 14.6 Å². The van der Waals surface area contributed by atoms with E-state index in [9.17, 15) is 4.79 Å². The number of carbonyl (C=O) groups excluding carboxylic acids is 1. The summed E-state index contributed by atoms with van der Waals surface area (Å²) >= 11 is 0. The summed E-state index contributed by atoms with van der Waals surface area (Å²) in [4.78, 5) is 13.5. The number of nitrogens with zero attached hydrogens (tertiary/aromatic N) is 1. The number of hydrogen-bond donors (Lipinski definition) is 1. The molecule has 0 aliphatic heterocycles. The van der Waals surface area contributed by atoms with E-state index in [-0.39, 0.29) is 5.91 Å². The van der Waals surface area contributed by atoms with Crippen LogP contribution in [0.1, 0.15) is 18.1 Å². The minimum absolute atomic E-state index is 0.152. The first-order valence-electron chi connectivity index (χ1n) is 11.4. The number of carbonyl (C=O) groups is 1. The van der Waals surface area contributed by atoms with Crippen molar-refractivity contribution in [2.45, 2.75) is 13.5 Å². The second-order valence-corrected chi connectivity index (χ2v) is 8.14. The van der Waals surface area contributed by atoms with E-state index in [1.807, 2.05) is 66.7 Å². The number of ether oxygens (including phenoxy) is 1. The van der Waals surface area contributed by atoms with Gasteiger partial charge in [0.25, 0.3) is 5.91 Å². The molecule has 1 aromatic heterocycles. The molecule has 5 aromatic rings. The smallest absolute Gasteiger partial charge is 0.256 e. The second kappa shape index (κ2) is 9.28. The van der Waals surface area contributed by atoms with Crippen molar-refractivity contribution in [1.82, 2.24) is 4.57 Å². The lowest BCUT2D eigenvalue weighted by Gasteiger charge is -2.11. The summed E-state index contributed by atoms with van der Waals surface area (Å²) in [5.74, 6) is 0.628. The maximum absolute atomic E-state index is 13.5. The Morgan fingerprint density at radius 3 is 2.29 bits per heavy atom. The fourth-order valence-electron chi connectivity index (χ4n) is 4.44. The van der Waals surface area contributed by atoms with E-state index in [1.165, 1.54) is 16.4 Å². The zero-order valence-electron chi connectivity index (χ0n) is 19.3. The molecule has 0 fully saturated rings. The number of aryl methyl sites for hydroxylation is 1. The number of rotatable bonds is 6. The average Bonchev–Trinajstić information content (AvgIpc) is 3.21. The Balaban J connectivity index is 1.53. The lowest BCUT2D eigenvalue weighted by atomic mass is 10.0. The highest BCUT2D eigenvalue weighted by molar-refractivity contribution is 6.29. The van der Waals surface area contributed by atoms with Crippen LogP contribution >= 0.6 is 0 Å². The van der Waals surface area contributed by atoms with E-state index >= 15 is 0 Å². The van der Waals surface area contributed by atoms with Gasteiger partial charge in [-0.2, -0.15) is 0 Å². The summed E-state index contributed by atoms with van der Waals surface area (Å²) < 4.78 is 7.56. The van der Waals surface area contributed by atoms with Gasteiger partial charge in [0, 0.05) is 39.6 Å². The van der Waals surface area contributed by atoms with Crippen LogP contribution in [0.25, 0.3) is 33.5 Å². The highest BCUT2D eigenvalue weighted by Crippen LogP contribution is 2.31. The molecule has 0 atom stereocenters. The molecule has 0 aliphatic rings. The molecule has 0 aliphatic carbocycles. The van der Waals surface area contributed by atoms with Crippen LogP contribution in [0.15, 0.2) is 97.1 Å². The van der Waals surface area contributed by atoms with Crippen molar-refractivity contribution in [3.05, 3.63) is 108 Å². The number of benzene rings is 4. The Morgan fingerprint density at radius 1 is 0.853 bits per heavy atom. The minimum Gasteiger partial charge on any atom is -0.497 e. The van der Waals surface area contributed by atoms with Gasteiger partial charge in [-0.15, -0.1) is 0 Å². The number of methoxy groups -OCH3 is 1. The SMILES string of the molecule is CCn1c2ccccc2c2cc(NC(=O)/C(=C/c3ccc(OC)cc3)c3ccccc3)ccc21. The van der Waals surface area contributed by atoms with E-state index in [4.69, 9.17) is 4.74 Å². The monoisotopic (exact) mass is 446 g/mol. The zero-order chi connectivity index (χ0) is 23.5. The van der Waals surface area contributed by atoms with Gasteiger partial charge >= 0.3 is 0 Å². The number of aromatic nitrogens is 1. The molecule has 4 heteroatoms. The molecule has 0 spiro atoms. The summed E-state index contributed by atoms with van der Waals surface area (Å²) in [5.41, 5.74) is 5.53. The van der Waals surface area contributed by atoms with E-state index in [2.05, 4.69) is 53.2 Å². The Hall–Kier alpha value is -4.31. The fraction of sp³-hybridized carbons (Fsp3) is 0.100. The molecule has 34 heavy (non-hydrogen) atoms. The van der Waals surface area contributed by atoms with E-state index < -0.39 is 0 Å². The molecule has 0 saturated carbocycles. The second-order valence-electron chi connectivity index (χ2n) is 8.14. The van der Waals surface area contributed by atoms with Crippen LogP contribution in [0.3, 0.4) is 0 Å². The highest BCUT2D eigenvalue weighted by Gasteiger charge is 2.15. The van der Waals surface area contributed by atoms with Gasteiger partial charge in [-0.3, -0.25) is 4.79 Å². The maximum atomic E-state index is 13.5. The molecule has 5 rings (SSSR count). The first-order valence-corrected chi connectivity index (χ1v) is 11.4. The standard InChI is InChI=1S/C30H26N2O2/c1-3-32-28-12-8-7-11-25(28)27-20-23(15-18-29(27)32)31-30(33)26(22-9-5-4-6-10-22)19-21-13-16-24(34-2)17-14-21/h4-20H,3H2,1-2H3,(H,31,33)/b26-19+. The van der Waals surface area contributed by atoms with Gasteiger partial charge in [-0.05, 0) is 60.5 Å². The van der Waals surface area contributed by atoms with Gasteiger partial charge in [0.15, 0.2) is 0 Å². The summed E-state index contributed by atoms with van der Waals surface area (Å²) in [6.45, 7) is 3.04. The molecule has 0 bridgehead atoms. The Labute approximate surface area is 199 Å². The molecule has 4 nitrogen and oxygen atoms in total. The van der Waals surface area contributed by atoms with Crippen molar-refractivity contribution in [3.63, 3.8) is 0 Å². The fourth-order valence-corrected chi connectivity index (χ4v) is 4.44. The third-order valence-electron chi connectivity index (χ3n) is 6.10. The predicted octanol–water partition coefficient (Wildman–Crippen LogP) is 7.00. The van der Waals surface area contributed by atoms with Gasteiger partial charge in [0.2, 0.25) is 0 Å². The zero-order valence-corrected chi connectivity index (χ0v) is 19.3. The van der Waals surface area contributed by atoms with Crippen molar-refractivity contribution < 1.29 is 9.53 Å². The summed E-state index contributed by atoms with van der Waals surface area (Å²) in [6.07, 6.45) is 1.91. The summed E-state index contributed by atoms with van der Waals surface area (Å²) in [5, 5.41) is 5.45. The van der Waals surface area contributed by atoms with Crippen LogP contribution in [0.5, 0.6) is 5.75 Å². The lowest BCUT2D eigenvalue weighted by molar-refractivity contribution is -0.111. The van der Waals surface area contributed by atoms with Crippen LogP contribution in [0.2, 0.25) is 0 Å². The molecular formula is C30H26N2O2. The van der Waals surface area contributed by atoms with Crippen LogP contribution in [-0.2, 0) is 11.3 Å². The molecule has 0 saturated heterocycles. The van der Waals surface area contributed by atoms with Crippen LogP contribution in [0, 0.1) is 0 Å². The van der Waals surface area contributed by atoms with Crippen molar-refractivity contribution in [1.29, 1.82) is 0 Å². The van der Waals surface area contributed by atoms with Crippen molar-refractivity contribution in [2.24, 2.45) is 0 Å².